The Hall–Kier alpha value is -2.51. The molecule has 3 atom stereocenters. The van der Waals surface area contributed by atoms with Crippen LogP contribution in [-0.4, -0.2) is 60.1 Å². The van der Waals surface area contributed by atoms with Gasteiger partial charge in [-0.15, -0.1) is 25.7 Å². The Labute approximate surface area is 189 Å². The Morgan fingerprint density at radius 1 is 1.19 bits per heavy atom. The average molecular weight is 439 g/mol. The summed E-state index contributed by atoms with van der Waals surface area (Å²) in [6.07, 6.45) is 23.2. The molecule has 0 spiro atoms. The average Bonchev–Trinajstić information content (AvgIpc) is 3.13. The second-order valence-electron chi connectivity index (χ2n) is 7.42. The fraction of sp³-hybridized carbons (Fsp3) is 0.708. The quantitative estimate of drug-likeness (QED) is 0.388. The Kier molecular flexibility index (Phi) is 22.2. The zero-order valence-corrected chi connectivity index (χ0v) is 19.9. The van der Waals surface area contributed by atoms with Gasteiger partial charge in [0.15, 0.2) is 0 Å². The molecule has 0 radical (unpaired) electrons. The molecule has 2 fully saturated rings. The highest BCUT2D eigenvalue weighted by Gasteiger charge is 2.47. The summed E-state index contributed by atoms with van der Waals surface area (Å²) in [5.41, 5.74) is 0.300. The van der Waals surface area contributed by atoms with Gasteiger partial charge in [0.25, 0.3) is 6.47 Å². The molecular formula is C24H42N2O5. The molecule has 1 saturated heterocycles. The van der Waals surface area contributed by atoms with Gasteiger partial charge in [0.1, 0.15) is 0 Å². The summed E-state index contributed by atoms with van der Waals surface area (Å²) in [5, 5.41) is 9.88. The number of terminal acetylenes is 2. The summed E-state index contributed by atoms with van der Waals surface area (Å²) in [6, 6.07) is 0.0456. The first-order valence-electron chi connectivity index (χ1n) is 10.7. The van der Waals surface area contributed by atoms with Crippen molar-refractivity contribution in [2.45, 2.75) is 85.2 Å². The van der Waals surface area contributed by atoms with Crippen LogP contribution in [0.4, 0.5) is 0 Å². The molecule has 0 aromatic heterocycles. The van der Waals surface area contributed by atoms with Crippen molar-refractivity contribution in [2.75, 3.05) is 19.7 Å². The number of carbonyl (C=O) groups excluding carboxylic acids is 2. The van der Waals surface area contributed by atoms with Crippen LogP contribution in [0.25, 0.3) is 0 Å². The molecule has 2 rings (SSSR count). The SMILES string of the molecule is C#C.C#C.CCC.CCOC(=O)CN[C@@H](C)C(=O)N1CC[C@]2(C)CCCC[C@H]12.O=CO. The van der Waals surface area contributed by atoms with Crippen LogP contribution in [-0.2, 0) is 19.1 Å². The predicted molar refractivity (Wildman–Crippen MR) is 125 cm³/mol. The summed E-state index contributed by atoms with van der Waals surface area (Å²) < 4.78 is 4.87. The summed E-state index contributed by atoms with van der Waals surface area (Å²) in [7, 11) is 0. The van der Waals surface area contributed by atoms with Crippen molar-refractivity contribution in [3.8, 4) is 25.7 Å². The minimum Gasteiger partial charge on any atom is -0.483 e. The van der Waals surface area contributed by atoms with E-state index in [0.717, 1.165) is 19.4 Å². The monoisotopic (exact) mass is 438 g/mol. The second kappa shape index (κ2) is 20.8. The van der Waals surface area contributed by atoms with Crippen LogP contribution in [0.3, 0.4) is 0 Å². The van der Waals surface area contributed by atoms with Crippen molar-refractivity contribution >= 4 is 18.3 Å². The first-order chi connectivity index (χ1) is 14.8. The molecule has 2 N–H and O–H groups in total. The van der Waals surface area contributed by atoms with E-state index in [1.807, 2.05) is 11.8 Å². The van der Waals surface area contributed by atoms with Gasteiger partial charge >= 0.3 is 5.97 Å². The minimum absolute atomic E-state index is 0.0938. The molecule has 2 aliphatic rings. The molecule has 0 bridgehead atoms. The number of nitrogens with zero attached hydrogens (tertiary/aromatic N) is 1. The van der Waals surface area contributed by atoms with E-state index in [1.165, 1.54) is 25.7 Å². The highest BCUT2D eigenvalue weighted by Crippen LogP contribution is 2.46. The molecule has 1 aliphatic carbocycles. The van der Waals surface area contributed by atoms with E-state index in [0.29, 0.717) is 18.1 Å². The van der Waals surface area contributed by atoms with Gasteiger partial charge in [-0.2, -0.15) is 0 Å². The molecule has 7 nitrogen and oxygen atoms in total. The first kappa shape index (κ1) is 33.1. The third-order valence-corrected chi connectivity index (χ3v) is 5.09. The van der Waals surface area contributed by atoms with Crippen LogP contribution in [0.15, 0.2) is 0 Å². The van der Waals surface area contributed by atoms with Crippen LogP contribution in [0.5, 0.6) is 0 Å². The fourth-order valence-corrected chi connectivity index (χ4v) is 3.79. The number of carbonyl (C=O) groups is 3. The third kappa shape index (κ3) is 12.7. The molecule has 0 aromatic rings. The number of rotatable bonds is 5. The number of esters is 1. The van der Waals surface area contributed by atoms with Gasteiger partial charge in [0.05, 0.1) is 19.2 Å². The van der Waals surface area contributed by atoms with Gasteiger partial charge in [-0.05, 0) is 38.5 Å². The lowest BCUT2D eigenvalue weighted by Crippen LogP contribution is -2.50. The van der Waals surface area contributed by atoms with E-state index in [1.54, 1.807) is 6.92 Å². The van der Waals surface area contributed by atoms with Gasteiger partial charge in [0.2, 0.25) is 5.91 Å². The topological polar surface area (TPSA) is 95.9 Å². The number of carboxylic acid groups (broad SMARTS) is 1. The Morgan fingerprint density at radius 2 is 1.71 bits per heavy atom. The van der Waals surface area contributed by atoms with E-state index in [-0.39, 0.29) is 30.9 Å². The number of hydrogen-bond acceptors (Lipinski definition) is 5. The van der Waals surface area contributed by atoms with Crippen molar-refractivity contribution in [2.24, 2.45) is 5.41 Å². The van der Waals surface area contributed by atoms with E-state index in [9.17, 15) is 9.59 Å². The maximum atomic E-state index is 12.6. The standard InChI is InChI=1S/C16H28N2O3.C3H8.2C2H2.CH2O2/c1-4-21-14(19)11-17-12(2)15(20)18-10-9-16(3)8-6-5-7-13(16)18;1-3-2;2*1-2;2-1-3/h12-13,17H,4-11H2,1-3H3;3H2,1-2H3;2*1-2H;1H,(H,2,3)/t12-,13-,16-;;;;/m0..../s1. The maximum Gasteiger partial charge on any atom is 0.319 e. The van der Waals surface area contributed by atoms with Crippen molar-refractivity contribution < 1.29 is 24.2 Å². The normalized spacial score (nSPS) is 21.3. The molecule has 178 valence electrons. The molecule has 0 aromatic carbocycles. The molecule has 7 heteroatoms. The van der Waals surface area contributed by atoms with E-state index >= 15 is 0 Å². The van der Waals surface area contributed by atoms with Crippen LogP contribution in [0.2, 0.25) is 0 Å². The number of amides is 1. The maximum absolute atomic E-state index is 12.6. The molecule has 1 aliphatic heterocycles. The minimum atomic E-state index is -0.335. The van der Waals surface area contributed by atoms with Crippen LogP contribution >= 0.6 is 0 Å². The zero-order valence-electron chi connectivity index (χ0n) is 19.9. The lowest BCUT2D eigenvalue weighted by Gasteiger charge is -2.40. The van der Waals surface area contributed by atoms with Gasteiger partial charge in [0, 0.05) is 12.6 Å². The Balaban J connectivity index is -0.000000675. The predicted octanol–water partition coefficient (Wildman–Crippen LogP) is 3.32. The summed E-state index contributed by atoms with van der Waals surface area (Å²) >= 11 is 0. The number of fused-ring (bicyclic) bond motifs is 1. The molecule has 1 heterocycles. The lowest BCUT2D eigenvalue weighted by molar-refractivity contribution is -0.142. The third-order valence-electron chi connectivity index (χ3n) is 5.09. The number of likely N-dealkylation sites (tertiary alicyclic amines) is 1. The Morgan fingerprint density at radius 3 is 2.19 bits per heavy atom. The van der Waals surface area contributed by atoms with E-state index in [4.69, 9.17) is 14.6 Å². The van der Waals surface area contributed by atoms with Crippen molar-refractivity contribution in [3.05, 3.63) is 0 Å². The van der Waals surface area contributed by atoms with Gasteiger partial charge in [-0.1, -0.05) is 40.0 Å². The van der Waals surface area contributed by atoms with E-state index < -0.39 is 0 Å². The second-order valence-corrected chi connectivity index (χ2v) is 7.42. The van der Waals surface area contributed by atoms with E-state index in [2.05, 4.69) is 51.8 Å². The molecule has 0 unspecified atom stereocenters. The van der Waals surface area contributed by atoms with Crippen molar-refractivity contribution in [1.82, 2.24) is 10.2 Å². The molecule has 1 saturated carbocycles. The molecule has 31 heavy (non-hydrogen) atoms. The zero-order chi connectivity index (χ0) is 24.9. The number of ether oxygens (including phenoxy) is 1. The first-order valence-corrected chi connectivity index (χ1v) is 10.7. The molecular weight excluding hydrogens is 396 g/mol. The summed E-state index contributed by atoms with van der Waals surface area (Å²) in [5.74, 6) is -0.184. The van der Waals surface area contributed by atoms with Crippen molar-refractivity contribution in [1.29, 1.82) is 0 Å². The lowest BCUT2D eigenvalue weighted by atomic mass is 9.72. The number of hydrogen-bond donors (Lipinski definition) is 2. The highest BCUT2D eigenvalue weighted by atomic mass is 16.5. The Bertz CT molecular complexity index is 527. The van der Waals surface area contributed by atoms with Gasteiger partial charge in [-0.3, -0.25) is 19.7 Å². The van der Waals surface area contributed by atoms with Crippen LogP contribution in [0, 0.1) is 31.1 Å². The number of nitrogens with one attached hydrogen (secondary N) is 1. The smallest absolute Gasteiger partial charge is 0.319 e. The van der Waals surface area contributed by atoms with Crippen LogP contribution in [0.1, 0.15) is 73.1 Å². The largest absolute Gasteiger partial charge is 0.483 e. The van der Waals surface area contributed by atoms with Crippen LogP contribution < -0.4 is 5.32 Å². The van der Waals surface area contributed by atoms with Crippen molar-refractivity contribution in [3.63, 3.8) is 0 Å². The molecule has 1 amide bonds. The summed E-state index contributed by atoms with van der Waals surface area (Å²) in [4.78, 5) is 34.4. The summed E-state index contributed by atoms with van der Waals surface area (Å²) in [6.45, 7) is 11.2. The fourth-order valence-electron chi connectivity index (χ4n) is 3.79. The highest BCUT2D eigenvalue weighted by molar-refractivity contribution is 5.83. The van der Waals surface area contributed by atoms with Gasteiger partial charge in [-0.25, -0.2) is 0 Å². The van der Waals surface area contributed by atoms with Gasteiger partial charge < -0.3 is 14.7 Å².